The molecule has 20 heavy (non-hydrogen) atoms. The summed E-state index contributed by atoms with van der Waals surface area (Å²) in [6.07, 6.45) is 0. The van der Waals surface area contributed by atoms with Gasteiger partial charge in [-0.1, -0.05) is 20.8 Å². The molecule has 1 unspecified atom stereocenters. The molecule has 0 aliphatic heterocycles. The lowest BCUT2D eigenvalue weighted by molar-refractivity contribution is -0.120. The Morgan fingerprint density at radius 1 is 1.30 bits per heavy atom. The number of amides is 1. The predicted molar refractivity (Wildman–Crippen MR) is 78.7 cm³/mol. The first-order valence-corrected chi connectivity index (χ1v) is 8.41. The predicted octanol–water partition coefficient (Wildman–Crippen LogP) is 2.85. The quantitative estimate of drug-likeness (QED) is 0.847. The normalized spacial score (nSPS) is 13.1. The number of hydrogen-bond donors (Lipinski definition) is 1. The van der Waals surface area contributed by atoms with E-state index in [0.717, 1.165) is 0 Å². The van der Waals surface area contributed by atoms with E-state index in [-0.39, 0.29) is 28.4 Å². The minimum atomic E-state index is -3.89. The van der Waals surface area contributed by atoms with Gasteiger partial charge in [-0.3, -0.25) is 4.79 Å². The van der Waals surface area contributed by atoms with Crippen molar-refractivity contribution >= 4 is 31.3 Å². The van der Waals surface area contributed by atoms with Crippen LogP contribution in [0.15, 0.2) is 23.1 Å². The van der Waals surface area contributed by atoms with Gasteiger partial charge < -0.3 is 10.1 Å². The summed E-state index contributed by atoms with van der Waals surface area (Å²) >= 11 is 0. The van der Waals surface area contributed by atoms with Crippen molar-refractivity contribution in [3.63, 3.8) is 0 Å². The average Bonchev–Trinajstić information content (AvgIpc) is 2.36. The number of ether oxygens (including phenoxy) is 1. The highest BCUT2D eigenvalue weighted by Crippen LogP contribution is 2.30. The topological polar surface area (TPSA) is 72.5 Å². The van der Waals surface area contributed by atoms with Gasteiger partial charge in [0.1, 0.15) is 10.6 Å². The van der Waals surface area contributed by atoms with Crippen LogP contribution in [-0.4, -0.2) is 21.4 Å². The number of anilines is 1. The summed E-state index contributed by atoms with van der Waals surface area (Å²) in [5.41, 5.74) is 0.461. The molecule has 0 spiro atoms. The molecule has 112 valence electrons. The summed E-state index contributed by atoms with van der Waals surface area (Å²) in [5.74, 6) is 0.00959. The molecule has 1 amide bonds. The number of benzene rings is 1. The van der Waals surface area contributed by atoms with E-state index in [1.807, 2.05) is 20.8 Å². The van der Waals surface area contributed by atoms with Crippen molar-refractivity contribution in [2.45, 2.75) is 25.7 Å². The van der Waals surface area contributed by atoms with Gasteiger partial charge in [-0.15, -0.1) is 0 Å². The number of hydrogen-bond acceptors (Lipinski definition) is 4. The maximum atomic E-state index is 11.9. The van der Waals surface area contributed by atoms with Gasteiger partial charge in [-0.2, -0.15) is 0 Å². The highest BCUT2D eigenvalue weighted by Gasteiger charge is 2.20. The molecule has 0 bridgehead atoms. The van der Waals surface area contributed by atoms with Gasteiger partial charge in [-0.25, -0.2) is 8.42 Å². The monoisotopic (exact) mass is 319 g/mol. The van der Waals surface area contributed by atoms with Gasteiger partial charge in [0.25, 0.3) is 9.05 Å². The van der Waals surface area contributed by atoms with Gasteiger partial charge in [-0.05, 0) is 18.1 Å². The Morgan fingerprint density at radius 3 is 2.35 bits per heavy atom. The molecule has 1 aromatic carbocycles. The third-order valence-corrected chi connectivity index (χ3v) is 4.47. The lowest BCUT2D eigenvalue weighted by atomic mass is 9.97. The number of halogens is 1. The molecule has 0 saturated heterocycles. The molecule has 0 saturated carbocycles. The second-order valence-electron chi connectivity index (χ2n) is 4.83. The molecular weight excluding hydrogens is 302 g/mol. The van der Waals surface area contributed by atoms with Gasteiger partial charge in [0.2, 0.25) is 5.91 Å². The van der Waals surface area contributed by atoms with Crippen molar-refractivity contribution in [3.8, 4) is 5.75 Å². The number of rotatable bonds is 5. The van der Waals surface area contributed by atoms with E-state index in [0.29, 0.717) is 5.69 Å². The van der Waals surface area contributed by atoms with Crippen LogP contribution in [0.1, 0.15) is 20.8 Å². The third kappa shape index (κ3) is 4.11. The van der Waals surface area contributed by atoms with E-state index in [1.54, 1.807) is 0 Å². The minimum absolute atomic E-state index is 0.0926. The first-order chi connectivity index (χ1) is 9.16. The van der Waals surface area contributed by atoms with Crippen molar-refractivity contribution in [3.05, 3.63) is 18.2 Å². The van der Waals surface area contributed by atoms with Crippen molar-refractivity contribution < 1.29 is 17.9 Å². The molecule has 7 heteroatoms. The highest BCUT2D eigenvalue weighted by atomic mass is 35.7. The van der Waals surface area contributed by atoms with Crippen LogP contribution in [-0.2, 0) is 13.8 Å². The third-order valence-electron chi connectivity index (χ3n) is 3.11. The number of nitrogens with one attached hydrogen (secondary N) is 1. The lowest BCUT2D eigenvalue weighted by Gasteiger charge is -2.16. The molecule has 1 rings (SSSR count). The fourth-order valence-corrected chi connectivity index (χ4v) is 2.50. The smallest absolute Gasteiger partial charge is 0.264 e. The van der Waals surface area contributed by atoms with Gasteiger partial charge in [0.05, 0.1) is 7.11 Å². The number of carbonyl (C=O) groups is 1. The van der Waals surface area contributed by atoms with E-state index in [9.17, 15) is 13.2 Å². The van der Waals surface area contributed by atoms with Crippen LogP contribution in [0.3, 0.4) is 0 Å². The van der Waals surface area contributed by atoms with E-state index in [4.69, 9.17) is 15.4 Å². The Morgan fingerprint density at radius 2 is 1.90 bits per heavy atom. The lowest BCUT2D eigenvalue weighted by Crippen LogP contribution is -2.24. The zero-order chi connectivity index (χ0) is 15.5. The summed E-state index contributed by atoms with van der Waals surface area (Å²) in [6.45, 7) is 5.73. The van der Waals surface area contributed by atoms with Crippen molar-refractivity contribution in [1.82, 2.24) is 0 Å². The second-order valence-corrected chi connectivity index (χ2v) is 7.36. The van der Waals surface area contributed by atoms with Crippen LogP contribution in [0.2, 0.25) is 0 Å². The molecule has 1 aromatic rings. The van der Waals surface area contributed by atoms with Crippen LogP contribution in [0.5, 0.6) is 5.75 Å². The van der Waals surface area contributed by atoms with Crippen LogP contribution < -0.4 is 10.1 Å². The Kier molecular flexibility index (Phi) is 5.42. The Bertz CT molecular complexity index is 598. The average molecular weight is 320 g/mol. The molecule has 0 heterocycles. The molecule has 1 N–H and O–H groups in total. The summed E-state index contributed by atoms with van der Waals surface area (Å²) in [6, 6.07) is 4.21. The van der Waals surface area contributed by atoms with Crippen LogP contribution >= 0.6 is 10.7 Å². The maximum absolute atomic E-state index is 11.9. The SMILES string of the molecule is COc1cc(NC(=O)C(C)C(C)C)ccc1S(=O)(=O)Cl. The Hall–Kier alpha value is -1.27. The fourth-order valence-electron chi connectivity index (χ4n) is 1.51. The molecule has 1 atom stereocenters. The number of carbonyl (C=O) groups excluding carboxylic acids is 1. The summed E-state index contributed by atoms with van der Waals surface area (Å²) in [5, 5.41) is 2.72. The molecule has 0 aromatic heterocycles. The Balaban J connectivity index is 3.03. The van der Waals surface area contributed by atoms with Crippen molar-refractivity contribution in [1.29, 1.82) is 0 Å². The first kappa shape index (κ1) is 16.8. The summed E-state index contributed by atoms with van der Waals surface area (Å²) < 4.78 is 27.7. The standard InChI is InChI=1S/C13H18ClNO4S/c1-8(2)9(3)13(16)15-10-5-6-12(20(14,17)18)11(7-10)19-4/h5-9H,1-4H3,(H,15,16). The maximum Gasteiger partial charge on any atom is 0.264 e. The molecule has 0 aliphatic rings. The van der Waals surface area contributed by atoms with E-state index in [2.05, 4.69) is 5.32 Å². The van der Waals surface area contributed by atoms with Gasteiger partial charge in [0, 0.05) is 28.4 Å². The largest absolute Gasteiger partial charge is 0.495 e. The minimum Gasteiger partial charge on any atom is -0.495 e. The molecule has 5 nitrogen and oxygen atoms in total. The fraction of sp³-hybridized carbons (Fsp3) is 0.462. The van der Waals surface area contributed by atoms with E-state index in [1.165, 1.54) is 25.3 Å². The zero-order valence-corrected chi connectivity index (χ0v) is 13.4. The van der Waals surface area contributed by atoms with Crippen LogP contribution in [0.4, 0.5) is 5.69 Å². The van der Waals surface area contributed by atoms with E-state index >= 15 is 0 Å². The molecule has 0 radical (unpaired) electrons. The van der Waals surface area contributed by atoms with Gasteiger partial charge >= 0.3 is 0 Å². The van der Waals surface area contributed by atoms with Crippen LogP contribution in [0, 0.1) is 11.8 Å². The summed E-state index contributed by atoms with van der Waals surface area (Å²) in [7, 11) is 2.75. The number of methoxy groups -OCH3 is 1. The van der Waals surface area contributed by atoms with E-state index < -0.39 is 9.05 Å². The zero-order valence-electron chi connectivity index (χ0n) is 11.8. The van der Waals surface area contributed by atoms with Crippen LogP contribution in [0.25, 0.3) is 0 Å². The molecular formula is C13H18ClNO4S. The van der Waals surface area contributed by atoms with Gasteiger partial charge in [0.15, 0.2) is 0 Å². The van der Waals surface area contributed by atoms with Crippen molar-refractivity contribution in [2.24, 2.45) is 11.8 Å². The Labute approximate surface area is 123 Å². The second kappa shape index (κ2) is 6.45. The van der Waals surface area contributed by atoms with Crippen molar-refractivity contribution in [2.75, 3.05) is 12.4 Å². The molecule has 0 aliphatic carbocycles. The molecule has 0 fully saturated rings. The highest BCUT2D eigenvalue weighted by molar-refractivity contribution is 8.13. The first-order valence-electron chi connectivity index (χ1n) is 6.10. The summed E-state index contributed by atoms with van der Waals surface area (Å²) in [4.78, 5) is 11.8.